The van der Waals surface area contributed by atoms with Gasteiger partial charge in [0.25, 0.3) is 0 Å². The number of aryl methyl sites for hydroxylation is 1. The van der Waals surface area contributed by atoms with E-state index in [0.717, 1.165) is 23.5 Å². The molecule has 0 aromatic heterocycles. The van der Waals surface area contributed by atoms with Crippen molar-refractivity contribution in [2.24, 2.45) is 5.92 Å². The minimum Gasteiger partial charge on any atom is -0.316 e. The monoisotopic (exact) mass is 282 g/mol. The first-order valence-electron chi connectivity index (χ1n) is 5.92. The molecule has 0 bridgehead atoms. The van der Waals surface area contributed by atoms with Crippen LogP contribution in [0.5, 0.6) is 0 Å². The number of rotatable bonds is 4. The highest BCUT2D eigenvalue weighted by Gasteiger charge is 2.13. The van der Waals surface area contributed by atoms with Gasteiger partial charge in [-0.25, -0.2) is 0 Å². The molecule has 1 aliphatic heterocycles. The molecule has 0 aliphatic carbocycles. The Morgan fingerprint density at radius 2 is 2.38 bits per heavy atom. The van der Waals surface area contributed by atoms with Crippen LogP contribution >= 0.6 is 15.9 Å². The van der Waals surface area contributed by atoms with Crippen LogP contribution in [0.2, 0.25) is 0 Å². The summed E-state index contributed by atoms with van der Waals surface area (Å²) in [5.41, 5.74) is 2.75. The highest BCUT2D eigenvalue weighted by Crippen LogP contribution is 2.16. The van der Waals surface area contributed by atoms with Gasteiger partial charge in [-0.1, -0.05) is 22.0 Å². The molecule has 1 saturated heterocycles. The van der Waals surface area contributed by atoms with Crippen LogP contribution in [-0.4, -0.2) is 19.6 Å². The summed E-state index contributed by atoms with van der Waals surface area (Å²) < 4.78 is 1.16. The second-order valence-electron chi connectivity index (χ2n) is 4.56. The lowest BCUT2D eigenvalue weighted by Gasteiger charge is -2.11. The Hall–Kier alpha value is -0.380. The van der Waals surface area contributed by atoms with Crippen LogP contribution in [0.1, 0.15) is 17.5 Å². The average Bonchev–Trinajstić information content (AvgIpc) is 2.76. The first-order valence-corrected chi connectivity index (χ1v) is 6.71. The molecule has 1 aliphatic rings. The Morgan fingerprint density at radius 3 is 3.12 bits per heavy atom. The quantitative estimate of drug-likeness (QED) is 0.887. The highest BCUT2D eigenvalue weighted by molar-refractivity contribution is 9.10. The van der Waals surface area contributed by atoms with E-state index in [1.807, 2.05) is 0 Å². The highest BCUT2D eigenvalue weighted by atomic mass is 79.9. The molecular formula is C13H19BrN2. The predicted octanol–water partition coefficient (Wildman–Crippen LogP) is 2.46. The zero-order chi connectivity index (χ0) is 11.4. The fraction of sp³-hybridized carbons (Fsp3) is 0.538. The maximum Gasteiger partial charge on any atom is 0.0208 e. The number of benzene rings is 1. The number of hydrogen-bond donors (Lipinski definition) is 2. The summed E-state index contributed by atoms with van der Waals surface area (Å²) >= 11 is 3.52. The van der Waals surface area contributed by atoms with E-state index >= 15 is 0 Å². The van der Waals surface area contributed by atoms with Crippen LogP contribution in [0.3, 0.4) is 0 Å². The summed E-state index contributed by atoms with van der Waals surface area (Å²) in [5.74, 6) is 0.812. The summed E-state index contributed by atoms with van der Waals surface area (Å²) in [4.78, 5) is 0. The lowest BCUT2D eigenvalue weighted by Crippen LogP contribution is -2.24. The van der Waals surface area contributed by atoms with Crippen molar-refractivity contribution in [2.75, 3.05) is 19.6 Å². The lowest BCUT2D eigenvalue weighted by molar-refractivity contribution is 0.512. The SMILES string of the molecule is Cc1ccc(Br)cc1CNCC1CCNC1. The Bertz CT molecular complexity index is 346. The van der Waals surface area contributed by atoms with Gasteiger partial charge in [0.05, 0.1) is 0 Å². The van der Waals surface area contributed by atoms with Crippen molar-refractivity contribution in [1.29, 1.82) is 0 Å². The van der Waals surface area contributed by atoms with Crippen molar-refractivity contribution in [3.63, 3.8) is 0 Å². The molecule has 1 aromatic rings. The van der Waals surface area contributed by atoms with Crippen LogP contribution in [0.25, 0.3) is 0 Å². The Morgan fingerprint density at radius 1 is 1.50 bits per heavy atom. The van der Waals surface area contributed by atoms with E-state index in [4.69, 9.17) is 0 Å². The summed E-state index contributed by atoms with van der Waals surface area (Å²) in [6, 6.07) is 6.47. The molecule has 16 heavy (non-hydrogen) atoms. The fourth-order valence-electron chi connectivity index (χ4n) is 2.13. The van der Waals surface area contributed by atoms with Crippen LogP contribution in [0.4, 0.5) is 0 Å². The molecule has 1 aromatic carbocycles. The summed E-state index contributed by atoms with van der Waals surface area (Å²) in [6.07, 6.45) is 1.31. The molecule has 2 N–H and O–H groups in total. The van der Waals surface area contributed by atoms with E-state index in [1.165, 1.54) is 30.6 Å². The normalized spacial score (nSPS) is 20.2. The van der Waals surface area contributed by atoms with Crippen LogP contribution < -0.4 is 10.6 Å². The molecule has 0 spiro atoms. The lowest BCUT2D eigenvalue weighted by atomic mass is 10.1. The summed E-state index contributed by atoms with van der Waals surface area (Å²) in [5, 5.41) is 6.94. The number of nitrogens with one attached hydrogen (secondary N) is 2. The topological polar surface area (TPSA) is 24.1 Å². The molecule has 2 nitrogen and oxygen atoms in total. The third kappa shape index (κ3) is 3.30. The van der Waals surface area contributed by atoms with Gasteiger partial charge in [-0.05, 0) is 62.2 Å². The first-order chi connectivity index (χ1) is 7.75. The molecule has 2 rings (SSSR count). The average molecular weight is 283 g/mol. The van der Waals surface area contributed by atoms with Gasteiger partial charge in [0.15, 0.2) is 0 Å². The van der Waals surface area contributed by atoms with Gasteiger partial charge >= 0.3 is 0 Å². The van der Waals surface area contributed by atoms with Crippen molar-refractivity contribution < 1.29 is 0 Å². The van der Waals surface area contributed by atoms with Crippen LogP contribution in [0, 0.1) is 12.8 Å². The van der Waals surface area contributed by atoms with Gasteiger partial charge in [-0.3, -0.25) is 0 Å². The second-order valence-corrected chi connectivity index (χ2v) is 5.48. The third-order valence-electron chi connectivity index (χ3n) is 3.22. The largest absolute Gasteiger partial charge is 0.316 e. The van der Waals surface area contributed by atoms with E-state index < -0.39 is 0 Å². The molecular weight excluding hydrogens is 264 g/mol. The minimum atomic E-state index is 0.812. The van der Waals surface area contributed by atoms with E-state index in [9.17, 15) is 0 Å². The first kappa shape index (κ1) is 12.1. The fourth-order valence-corrected chi connectivity index (χ4v) is 2.54. The standard InChI is InChI=1S/C13H19BrN2/c1-10-2-3-13(14)6-12(10)9-16-8-11-4-5-15-7-11/h2-3,6,11,15-16H,4-5,7-9H2,1H3. The van der Waals surface area contributed by atoms with Gasteiger partial charge in [-0.15, -0.1) is 0 Å². The van der Waals surface area contributed by atoms with Crippen molar-refractivity contribution >= 4 is 15.9 Å². The van der Waals surface area contributed by atoms with E-state index in [-0.39, 0.29) is 0 Å². The summed E-state index contributed by atoms with van der Waals surface area (Å²) in [6.45, 7) is 6.62. The molecule has 1 fully saturated rings. The Labute approximate surface area is 106 Å². The van der Waals surface area contributed by atoms with Gasteiger partial charge < -0.3 is 10.6 Å². The van der Waals surface area contributed by atoms with Gasteiger partial charge in [0.2, 0.25) is 0 Å². The zero-order valence-corrected chi connectivity index (χ0v) is 11.3. The Kier molecular flexibility index (Phi) is 4.38. The van der Waals surface area contributed by atoms with Crippen LogP contribution in [-0.2, 0) is 6.54 Å². The molecule has 0 radical (unpaired) electrons. The van der Waals surface area contributed by atoms with E-state index in [1.54, 1.807) is 0 Å². The van der Waals surface area contributed by atoms with Crippen molar-refractivity contribution in [3.05, 3.63) is 33.8 Å². The third-order valence-corrected chi connectivity index (χ3v) is 3.72. The van der Waals surface area contributed by atoms with E-state index in [0.29, 0.717) is 0 Å². The van der Waals surface area contributed by atoms with Crippen molar-refractivity contribution in [2.45, 2.75) is 19.9 Å². The van der Waals surface area contributed by atoms with Gasteiger partial charge in [0.1, 0.15) is 0 Å². The minimum absolute atomic E-state index is 0.812. The maximum absolute atomic E-state index is 3.55. The maximum atomic E-state index is 3.55. The van der Waals surface area contributed by atoms with Crippen molar-refractivity contribution in [1.82, 2.24) is 10.6 Å². The van der Waals surface area contributed by atoms with E-state index in [2.05, 4.69) is 51.7 Å². The molecule has 0 saturated carbocycles. The van der Waals surface area contributed by atoms with Crippen LogP contribution in [0.15, 0.2) is 22.7 Å². The predicted molar refractivity (Wildman–Crippen MR) is 71.6 cm³/mol. The van der Waals surface area contributed by atoms with Crippen molar-refractivity contribution in [3.8, 4) is 0 Å². The smallest absolute Gasteiger partial charge is 0.0208 e. The molecule has 3 heteroatoms. The number of hydrogen-bond acceptors (Lipinski definition) is 2. The van der Waals surface area contributed by atoms with Gasteiger partial charge in [-0.2, -0.15) is 0 Å². The second kappa shape index (κ2) is 5.80. The molecule has 1 unspecified atom stereocenters. The molecule has 88 valence electrons. The van der Waals surface area contributed by atoms with Gasteiger partial charge in [0, 0.05) is 11.0 Å². The number of halogens is 1. The molecule has 1 atom stereocenters. The molecule has 1 heterocycles. The zero-order valence-electron chi connectivity index (χ0n) is 9.72. The Balaban J connectivity index is 1.82. The molecule has 0 amide bonds. The summed E-state index contributed by atoms with van der Waals surface area (Å²) in [7, 11) is 0.